The lowest BCUT2D eigenvalue weighted by atomic mass is 10.1. The molecule has 0 bridgehead atoms. The highest BCUT2D eigenvalue weighted by molar-refractivity contribution is 9.10. The average Bonchev–Trinajstić information content (AvgIpc) is 2.92. The van der Waals surface area contributed by atoms with Gasteiger partial charge in [-0.1, -0.05) is 28.8 Å². The van der Waals surface area contributed by atoms with Crippen LogP contribution in [0, 0.1) is 0 Å². The molecular weight excluding hydrogens is 426 g/mol. The van der Waals surface area contributed by atoms with Gasteiger partial charge in [0.25, 0.3) is 5.91 Å². The van der Waals surface area contributed by atoms with E-state index in [1.54, 1.807) is 20.1 Å². The van der Waals surface area contributed by atoms with E-state index in [4.69, 9.17) is 9.47 Å². The molecule has 2 amide bonds. The van der Waals surface area contributed by atoms with Crippen LogP contribution in [0.1, 0.15) is 51.0 Å². The van der Waals surface area contributed by atoms with Crippen molar-refractivity contribution in [2.24, 2.45) is 0 Å². The molecule has 28 heavy (non-hydrogen) atoms. The van der Waals surface area contributed by atoms with Crippen LogP contribution in [0.3, 0.4) is 0 Å². The predicted octanol–water partition coefficient (Wildman–Crippen LogP) is 4.11. The van der Waals surface area contributed by atoms with Crippen LogP contribution in [0.2, 0.25) is 0 Å². The number of rotatable bonds is 10. The molecule has 1 fully saturated rings. The number of imide groups is 1. The number of methoxy groups -OCH3 is 1. The summed E-state index contributed by atoms with van der Waals surface area (Å²) in [4.78, 5) is 37.5. The third kappa shape index (κ3) is 6.19. The Morgan fingerprint density at radius 2 is 1.96 bits per heavy atom. The maximum atomic E-state index is 12.6. The van der Waals surface area contributed by atoms with Gasteiger partial charge < -0.3 is 9.47 Å². The van der Waals surface area contributed by atoms with Gasteiger partial charge in [0.15, 0.2) is 0 Å². The van der Waals surface area contributed by atoms with Gasteiger partial charge in [-0.25, -0.2) is 0 Å². The van der Waals surface area contributed by atoms with E-state index in [9.17, 15) is 14.4 Å². The van der Waals surface area contributed by atoms with Gasteiger partial charge in [-0.05, 0) is 44.0 Å². The van der Waals surface area contributed by atoms with Crippen LogP contribution in [0.15, 0.2) is 28.2 Å². The summed E-state index contributed by atoms with van der Waals surface area (Å²) in [5.74, 6) is 0.0662. The molecular formula is C21H26BrNO5. The molecule has 6 nitrogen and oxygen atoms in total. The summed E-state index contributed by atoms with van der Waals surface area (Å²) >= 11 is 3.41. The van der Waals surface area contributed by atoms with E-state index in [-0.39, 0.29) is 24.2 Å². The molecule has 0 radical (unpaired) electrons. The Balaban J connectivity index is 1.86. The van der Waals surface area contributed by atoms with Gasteiger partial charge in [-0.3, -0.25) is 19.3 Å². The van der Waals surface area contributed by atoms with Crippen LogP contribution in [-0.2, 0) is 19.1 Å². The Bertz CT molecular complexity index is 759. The van der Waals surface area contributed by atoms with Crippen molar-refractivity contribution in [3.05, 3.63) is 33.8 Å². The topological polar surface area (TPSA) is 72.9 Å². The monoisotopic (exact) mass is 451 g/mol. The largest absolute Gasteiger partial charge is 0.496 e. The van der Waals surface area contributed by atoms with Crippen LogP contribution in [0.4, 0.5) is 0 Å². The number of carbonyl (C=O) groups excluding carboxylic acids is 3. The molecule has 0 aliphatic carbocycles. The number of nitrogens with zero attached hydrogens (tertiary/aromatic N) is 1. The van der Waals surface area contributed by atoms with Gasteiger partial charge in [0.05, 0.1) is 20.1 Å². The molecule has 2 rings (SSSR count). The molecule has 152 valence electrons. The molecule has 1 aliphatic heterocycles. The predicted molar refractivity (Wildman–Crippen MR) is 110 cm³/mol. The standard InChI is InChI=1S/C21H26BrNO5/c1-3-28-20(25)8-6-4-5-7-11-23-19(24)14-16(21(23)26)12-15-13-17(22)9-10-18(15)27-2/h9-10,12-13H,3-8,11,14H2,1-2H3/b16-12+. The third-order valence-electron chi connectivity index (χ3n) is 4.50. The number of halogens is 1. The Morgan fingerprint density at radius 3 is 2.68 bits per heavy atom. The fraction of sp³-hybridized carbons (Fsp3) is 0.476. The molecule has 1 aromatic rings. The average molecular weight is 452 g/mol. The molecule has 0 atom stereocenters. The van der Waals surface area contributed by atoms with E-state index in [0.717, 1.165) is 35.7 Å². The van der Waals surface area contributed by atoms with Crippen molar-refractivity contribution < 1.29 is 23.9 Å². The van der Waals surface area contributed by atoms with Gasteiger partial charge in [-0.15, -0.1) is 0 Å². The normalized spacial score (nSPS) is 15.4. The Hall–Kier alpha value is -2.15. The third-order valence-corrected chi connectivity index (χ3v) is 5.00. The maximum Gasteiger partial charge on any atom is 0.305 e. The first-order chi connectivity index (χ1) is 13.5. The summed E-state index contributed by atoms with van der Waals surface area (Å²) in [7, 11) is 1.57. The van der Waals surface area contributed by atoms with Crippen LogP contribution in [0.5, 0.6) is 5.75 Å². The van der Waals surface area contributed by atoms with Gasteiger partial charge in [0.2, 0.25) is 5.91 Å². The van der Waals surface area contributed by atoms with Crippen LogP contribution in [-0.4, -0.2) is 42.9 Å². The van der Waals surface area contributed by atoms with E-state index < -0.39 is 0 Å². The van der Waals surface area contributed by atoms with E-state index in [1.165, 1.54) is 4.90 Å². The summed E-state index contributed by atoms with van der Waals surface area (Å²) in [5, 5.41) is 0. The van der Waals surface area contributed by atoms with E-state index in [1.807, 2.05) is 18.2 Å². The molecule has 0 saturated carbocycles. The Kier molecular flexibility index (Phi) is 8.70. The molecule has 0 spiro atoms. The van der Waals surface area contributed by atoms with Crippen molar-refractivity contribution in [2.75, 3.05) is 20.3 Å². The molecule has 0 aromatic heterocycles. The number of unbranched alkanes of at least 4 members (excludes halogenated alkanes) is 3. The first-order valence-electron chi connectivity index (χ1n) is 9.50. The lowest BCUT2D eigenvalue weighted by Gasteiger charge is -2.13. The summed E-state index contributed by atoms with van der Waals surface area (Å²) in [6.45, 7) is 2.60. The molecule has 0 unspecified atom stereocenters. The number of esters is 1. The quantitative estimate of drug-likeness (QED) is 0.231. The van der Waals surface area contributed by atoms with Crippen molar-refractivity contribution in [3.63, 3.8) is 0 Å². The number of carbonyl (C=O) groups is 3. The second kappa shape index (κ2) is 11.0. The Labute approximate surface area is 174 Å². The smallest absolute Gasteiger partial charge is 0.305 e. The van der Waals surface area contributed by atoms with Crippen molar-refractivity contribution in [3.8, 4) is 5.75 Å². The van der Waals surface area contributed by atoms with Crippen LogP contribution >= 0.6 is 15.9 Å². The number of amides is 2. The first-order valence-corrected chi connectivity index (χ1v) is 10.3. The van der Waals surface area contributed by atoms with Crippen molar-refractivity contribution >= 4 is 39.8 Å². The fourth-order valence-corrected chi connectivity index (χ4v) is 3.47. The zero-order valence-corrected chi connectivity index (χ0v) is 17.9. The number of hydrogen-bond acceptors (Lipinski definition) is 5. The number of likely N-dealkylation sites (tertiary alicyclic amines) is 1. The van der Waals surface area contributed by atoms with Gasteiger partial charge in [-0.2, -0.15) is 0 Å². The SMILES string of the molecule is CCOC(=O)CCCCCCN1C(=O)C/C(=C\c2cc(Br)ccc2OC)C1=O. The van der Waals surface area contributed by atoms with Crippen LogP contribution in [0.25, 0.3) is 6.08 Å². The lowest BCUT2D eigenvalue weighted by molar-refractivity contribution is -0.143. The molecule has 1 aromatic carbocycles. The van der Waals surface area contributed by atoms with Crippen molar-refractivity contribution in [1.29, 1.82) is 0 Å². The summed E-state index contributed by atoms with van der Waals surface area (Å²) in [6, 6.07) is 5.53. The minimum Gasteiger partial charge on any atom is -0.496 e. The molecule has 1 aliphatic rings. The second-order valence-electron chi connectivity index (χ2n) is 6.55. The van der Waals surface area contributed by atoms with Gasteiger partial charge in [0, 0.05) is 28.6 Å². The highest BCUT2D eigenvalue weighted by Crippen LogP contribution is 2.28. The number of benzene rings is 1. The zero-order valence-electron chi connectivity index (χ0n) is 16.3. The maximum absolute atomic E-state index is 12.6. The van der Waals surface area contributed by atoms with Crippen molar-refractivity contribution in [2.45, 2.75) is 45.4 Å². The first kappa shape index (κ1) is 22.1. The fourth-order valence-electron chi connectivity index (χ4n) is 3.09. The lowest BCUT2D eigenvalue weighted by Crippen LogP contribution is -2.30. The van der Waals surface area contributed by atoms with E-state index in [0.29, 0.717) is 30.9 Å². The number of hydrogen-bond donors (Lipinski definition) is 0. The highest BCUT2D eigenvalue weighted by Gasteiger charge is 2.33. The van der Waals surface area contributed by atoms with E-state index in [2.05, 4.69) is 15.9 Å². The Morgan fingerprint density at radius 1 is 1.21 bits per heavy atom. The molecule has 1 saturated heterocycles. The summed E-state index contributed by atoms with van der Waals surface area (Å²) in [6.07, 6.45) is 5.46. The molecule has 0 N–H and O–H groups in total. The zero-order chi connectivity index (χ0) is 20.5. The van der Waals surface area contributed by atoms with E-state index >= 15 is 0 Å². The molecule has 7 heteroatoms. The summed E-state index contributed by atoms with van der Waals surface area (Å²) < 4.78 is 11.1. The van der Waals surface area contributed by atoms with Crippen LogP contribution < -0.4 is 4.74 Å². The minimum atomic E-state index is -0.237. The summed E-state index contributed by atoms with van der Waals surface area (Å²) in [5.41, 5.74) is 1.23. The van der Waals surface area contributed by atoms with Gasteiger partial charge >= 0.3 is 5.97 Å². The van der Waals surface area contributed by atoms with Gasteiger partial charge in [0.1, 0.15) is 5.75 Å². The number of ether oxygens (including phenoxy) is 2. The minimum absolute atomic E-state index is 0.108. The molecule has 1 heterocycles. The van der Waals surface area contributed by atoms with Crippen molar-refractivity contribution in [1.82, 2.24) is 4.90 Å². The second-order valence-corrected chi connectivity index (χ2v) is 7.47. The highest BCUT2D eigenvalue weighted by atomic mass is 79.9.